The van der Waals surface area contributed by atoms with Gasteiger partial charge in [-0.1, -0.05) is 29.8 Å². The van der Waals surface area contributed by atoms with Gasteiger partial charge in [0.25, 0.3) is 0 Å². The van der Waals surface area contributed by atoms with Gasteiger partial charge in [-0.15, -0.1) is 11.8 Å². The third kappa shape index (κ3) is 5.96. The summed E-state index contributed by atoms with van der Waals surface area (Å²) in [6.07, 6.45) is 7.16. The fourth-order valence-electron chi connectivity index (χ4n) is 3.65. The lowest BCUT2D eigenvalue weighted by Crippen LogP contribution is -2.23. The zero-order chi connectivity index (χ0) is 22.5. The second kappa shape index (κ2) is 10.3. The van der Waals surface area contributed by atoms with Crippen LogP contribution in [0.2, 0.25) is 5.02 Å². The first-order valence-electron chi connectivity index (χ1n) is 10.7. The van der Waals surface area contributed by atoms with E-state index in [1.165, 1.54) is 22.1 Å². The first kappa shape index (κ1) is 22.5. The van der Waals surface area contributed by atoms with Crippen LogP contribution >= 0.6 is 23.4 Å². The molecule has 0 atom stereocenters. The number of amides is 2. The van der Waals surface area contributed by atoms with Crippen molar-refractivity contribution < 1.29 is 14.3 Å². The molecule has 2 aromatic carbocycles. The molecule has 32 heavy (non-hydrogen) atoms. The number of nitrogens with one attached hydrogen (secondary N) is 1. The summed E-state index contributed by atoms with van der Waals surface area (Å²) in [5.41, 5.74) is 9.27. The molecule has 0 bridgehead atoms. The number of thioether (sulfide) groups is 1. The van der Waals surface area contributed by atoms with Crippen LogP contribution in [0.3, 0.4) is 0 Å². The van der Waals surface area contributed by atoms with E-state index in [1.54, 1.807) is 24.3 Å². The molecule has 2 aromatic rings. The number of hydrogen-bond donors (Lipinski definition) is 2. The molecular formula is C25H25ClN2O3S. The molecule has 3 aliphatic rings. The third-order valence-electron chi connectivity index (χ3n) is 5.32. The van der Waals surface area contributed by atoms with E-state index in [9.17, 15) is 9.59 Å². The molecule has 2 aliphatic heterocycles. The highest BCUT2D eigenvalue weighted by Gasteiger charge is 2.23. The number of rotatable bonds is 3. The lowest BCUT2D eigenvalue weighted by molar-refractivity contribution is -0.116. The standard InChI is InChI=1S/C14H15NOS.C11H10ClNO2/c16-14(15-11-5-6-11)9-10-7-8-17-13-4-2-1-3-12(10)13;12-8-1-2-10-9(6-8)7(3-4-15-10)5-11(13)14/h1-4,9,11H,5-8H2,(H,15,16);1-2,5-6H,3-4H2,(H2,13,14)/b10-9+;. The van der Waals surface area contributed by atoms with Gasteiger partial charge in [0.1, 0.15) is 5.75 Å². The quantitative estimate of drug-likeness (QED) is 0.632. The van der Waals surface area contributed by atoms with Crippen molar-refractivity contribution in [1.29, 1.82) is 0 Å². The Morgan fingerprint density at radius 2 is 1.84 bits per heavy atom. The van der Waals surface area contributed by atoms with E-state index < -0.39 is 5.91 Å². The monoisotopic (exact) mass is 468 g/mol. The van der Waals surface area contributed by atoms with Crippen molar-refractivity contribution >= 4 is 46.3 Å². The zero-order valence-corrected chi connectivity index (χ0v) is 19.2. The van der Waals surface area contributed by atoms with Gasteiger partial charge in [-0.05, 0) is 60.2 Å². The van der Waals surface area contributed by atoms with Crippen molar-refractivity contribution in [2.75, 3.05) is 12.4 Å². The molecule has 7 heteroatoms. The number of primary amides is 1. The van der Waals surface area contributed by atoms with Gasteiger partial charge in [-0.25, -0.2) is 0 Å². The fraction of sp³-hybridized carbons (Fsp3) is 0.280. The van der Waals surface area contributed by atoms with Crippen LogP contribution in [0.4, 0.5) is 0 Å². The van der Waals surface area contributed by atoms with Crippen molar-refractivity contribution in [3.8, 4) is 5.75 Å². The first-order chi connectivity index (χ1) is 15.5. The van der Waals surface area contributed by atoms with E-state index in [4.69, 9.17) is 22.1 Å². The highest BCUT2D eigenvalue weighted by molar-refractivity contribution is 7.99. The van der Waals surface area contributed by atoms with E-state index in [2.05, 4.69) is 23.5 Å². The second-order valence-electron chi connectivity index (χ2n) is 7.86. The Hall–Kier alpha value is -2.70. The number of carbonyl (C=O) groups excluding carboxylic acids is 2. The van der Waals surface area contributed by atoms with Crippen molar-refractivity contribution in [1.82, 2.24) is 5.32 Å². The van der Waals surface area contributed by atoms with Gasteiger partial charge in [0.05, 0.1) is 6.61 Å². The van der Waals surface area contributed by atoms with Crippen LogP contribution in [-0.2, 0) is 9.59 Å². The number of fused-ring (bicyclic) bond motifs is 2. The van der Waals surface area contributed by atoms with Crippen molar-refractivity contribution in [3.63, 3.8) is 0 Å². The van der Waals surface area contributed by atoms with Crippen molar-refractivity contribution in [2.45, 2.75) is 36.6 Å². The Bertz CT molecular complexity index is 1090. The molecule has 3 N–H and O–H groups in total. The topological polar surface area (TPSA) is 81.4 Å². The smallest absolute Gasteiger partial charge is 0.244 e. The number of benzene rings is 2. The average molecular weight is 469 g/mol. The predicted molar refractivity (Wildman–Crippen MR) is 130 cm³/mol. The van der Waals surface area contributed by atoms with Gasteiger partial charge >= 0.3 is 0 Å². The highest BCUT2D eigenvalue weighted by atomic mass is 35.5. The first-order valence-corrected chi connectivity index (χ1v) is 12.0. The van der Waals surface area contributed by atoms with Crippen molar-refractivity contribution in [2.24, 2.45) is 5.73 Å². The molecular weight excluding hydrogens is 444 g/mol. The number of hydrogen-bond acceptors (Lipinski definition) is 4. The van der Waals surface area contributed by atoms with Crippen LogP contribution in [-0.4, -0.2) is 30.2 Å². The lowest BCUT2D eigenvalue weighted by atomic mass is 9.99. The molecule has 1 saturated carbocycles. The summed E-state index contributed by atoms with van der Waals surface area (Å²) in [5, 5.41) is 3.63. The van der Waals surface area contributed by atoms with Gasteiger partial charge in [0, 0.05) is 45.8 Å². The number of nitrogens with two attached hydrogens (primary N) is 1. The minimum absolute atomic E-state index is 0.0733. The average Bonchev–Trinajstić information content (AvgIpc) is 3.58. The molecule has 5 nitrogen and oxygen atoms in total. The Kier molecular flexibility index (Phi) is 7.22. The van der Waals surface area contributed by atoms with Crippen molar-refractivity contribution in [3.05, 3.63) is 70.8 Å². The maximum absolute atomic E-state index is 11.8. The molecule has 166 valence electrons. The summed E-state index contributed by atoms with van der Waals surface area (Å²) < 4.78 is 5.44. The molecule has 0 unspecified atom stereocenters. The van der Waals surface area contributed by atoms with E-state index in [1.807, 2.05) is 17.8 Å². The maximum atomic E-state index is 11.8. The highest BCUT2D eigenvalue weighted by Crippen LogP contribution is 2.37. The van der Waals surface area contributed by atoms with Crippen LogP contribution in [0.25, 0.3) is 11.1 Å². The van der Waals surface area contributed by atoms with Gasteiger partial charge in [-0.2, -0.15) is 0 Å². The number of allylic oxidation sites excluding steroid dienone is 1. The van der Waals surface area contributed by atoms with Crippen LogP contribution in [0, 0.1) is 0 Å². The van der Waals surface area contributed by atoms with Crippen LogP contribution < -0.4 is 15.8 Å². The zero-order valence-electron chi connectivity index (χ0n) is 17.6. The molecule has 2 heterocycles. The van der Waals surface area contributed by atoms with Crippen LogP contribution in [0.5, 0.6) is 5.75 Å². The SMILES string of the molecule is NC(=O)C=C1CCOc2ccc(Cl)cc21.O=C(/C=C1\CCSc2ccccc21)NC1CC1. The Morgan fingerprint density at radius 3 is 2.62 bits per heavy atom. The fourth-order valence-corrected chi connectivity index (χ4v) is 4.89. The molecule has 0 aromatic heterocycles. The Balaban J connectivity index is 0.000000155. The minimum atomic E-state index is -0.446. The van der Waals surface area contributed by atoms with E-state index >= 15 is 0 Å². The molecule has 0 saturated heterocycles. The number of ether oxygens (including phenoxy) is 1. The van der Waals surface area contributed by atoms with E-state index in [0.717, 1.165) is 41.9 Å². The van der Waals surface area contributed by atoms with E-state index in [0.29, 0.717) is 24.1 Å². The number of carbonyl (C=O) groups is 2. The van der Waals surface area contributed by atoms with Gasteiger partial charge < -0.3 is 15.8 Å². The largest absolute Gasteiger partial charge is 0.493 e. The summed E-state index contributed by atoms with van der Waals surface area (Å²) in [5.74, 6) is 1.44. The number of halogens is 1. The summed E-state index contributed by atoms with van der Waals surface area (Å²) in [6, 6.07) is 14.1. The van der Waals surface area contributed by atoms with Crippen LogP contribution in [0.1, 0.15) is 36.8 Å². The maximum Gasteiger partial charge on any atom is 0.244 e. The predicted octanol–water partition coefficient (Wildman–Crippen LogP) is 4.84. The minimum Gasteiger partial charge on any atom is -0.493 e. The molecule has 1 aliphatic carbocycles. The molecule has 5 rings (SSSR count). The third-order valence-corrected chi connectivity index (χ3v) is 6.63. The van der Waals surface area contributed by atoms with Gasteiger partial charge in [0.15, 0.2) is 0 Å². The van der Waals surface area contributed by atoms with Gasteiger partial charge in [-0.3, -0.25) is 9.59 Å². The molecule has 0 radical (unpaired) electrons. The van der Waals surface area contributed by atoms with Gasteiger partial charge in [0.2, 0.25) is 11.8 Å². The van der Waals surface area contributed by atoms with E-state index in [-0.39, 0.29) is 5.91 Å². The summed E-state index contributed by atoms with van der Waals surface area (Å²) >= 11 is 7.75. The Morgan fingerprint density at radius 1 is 1.06 bits per heavy atom. The van der Waals surface area contributed by atoms with Crippen LogP contribution in [0.15, 0.2) is 59.5 Å². The normalized spacial score (nSPS) is 19.2. The molecule has 0 spiro atoms. The Labute approximate surface area is 197 Å². The lowest BCUT2D eigenvalue weighted by Gasteiger charge is -2.19. The molecule has 1 fully saturated rings. The second-order valence-corrected chi connectivity index (χ2v) is 9.43. The summed E-state index contributed by atoms with van der Waals surface area (Å²) in [4.78, 5) is 23.9. The summed E-state index contributed by atoms with van der Waals surface area (Å²) in [7, 11) is 0. The summed E-state index contributed by atoms with van der Waals surface area (Å²) in [6.45, 7) is 0.563. The molecule has 2 amide bonds.